The van der Waals surface area contributed by atoms with E-state index in [1.165, 1.54) is 0 Å². The predicted molar refractivity (Wildman–Crippen MR) is 91.9 cm³/mol. The third-order valence-corrected chi connectivity index (χ3v) is 6.13. The van der Waals surface area contributed by atoms with E-state index in [-0.39, 0.29) is 10.7 Å². The SMILES string of the molecule is COC1(C(=O)N2CCN(C3=NCC(C)(C)S3)CC2)CCOCC1. The molecule has 0 aromatic rings. The van der Waals surface area contributed by atoms with Crippen molar-refractivity contribution >= 4 is 22.8 Å². The number of amides is 1. The highest BCUT2D eigenvalue weighted by Crippen LogP contribution is 2.34. The van der Waals surface area contributed by atoms with E-state index in [9.17, 15) is 4.79 Å². The summed E-state index contributed by atoms with van der Waals surface area (Å²) in [4.78, 5) is 21.9. The fourth-order valence-electron chi connectivity index (χ4n) is 3.33. The second-order valence-corrected chi connectivity index (χ2v) is 8.73. The third-order valence-electron chi connectivity index (χ3n) is 4.88. The summed E-state index contributed by atoms with van der Waals surface area (Å²) in [7, 11) is 1.64. The molecular formula is C16H27N3O3S. The zero-order chi connectivity index (χ0) is 16.5. The van der Waals surface area contributed by atoms with Crippen molar-refractivity contribution in [3.63, 3.8) is 0 Å². The molecule has 0 radical (unpaired) electrons. The molecule has 0 saturated carbocycles. The fourth-order valence-corrected chi connectivity index (χ4v) is 4.39. The van der Waals surface area contributed by atoms with Gasteiger partial charge in [-0.15, -0.1) is 0 Å². The number of thioether (sulfide) groups is 1. The smallest absolute Gasteiger partial charge is 0.255 e. The molecule has 2 fully saturated rings. The summed E-state index contributed by atoms with van der Waals surface area (Å²) in [5.74, 6) is 0.129. The highest BCUT2D eigenvalue weighted by molar-refractivity contribution is 8.15. The van der Waals surface area contributed by atoms with Gasteiger partial charge < -0.3 is 19.3 Å². The molecule has 3 aliphatic rings. The standard InChI is InChI=1S/C16H27N3O3S/c1-15(2)12-17-14(23-15)19-8-6-18(7-9-19)13(20)16(21-3)4-10-22-11-5-16/h4-12H2,1-3H3. The lowest BCUT2D eigenvalue weighted by atomic mass is 9.92. The first-order valence-corrected chi connectivity index (χ1v) is 9.18. The maximum absolute atomic E-state index is 12.9. The lowest BCUT2D eigenvalue weighted by Gasteiger charge is -2.42. The summed E-state index contributed by atoms with van der Waals surface area (Å²) < 4.78 is 11.2. The van der Waals surface area contributed by atoms with Crippen LogP contribution in [0.1, 0.15) is 26.7 Å². The molecule has 0 aromatic heterocycles. The molecule has 0 spiro atoms. The quantitative estimate of drug-likeness (QED) is 0.756. The van der Waals surface area contributed by atoms with Crippen LogP contribution in [0.5, 0.6) is 0 Å². The van der Waals surface area contributed by atoms with Gasteiger partial charge >= 0.3 is 0 Å². The van der Waals surface area contributed by atoms with Crippen LogP contribution in [-0.2, 0) is 14.3 Å². The highest BCUT2D eigenvalue weighted by Gasteiger charge is 2.44. The Morgan fingerprint density at radius 3 is 2.39 bits per heavy atom. The molecule has 0 unspecified atom stereocenters. The molecule has 7 heteroatoms. The number of rotatable bonds is 2. The Morgan fingerprint density at radius 2 is 1.87 bits per heavy atom. The predicted octanol–water partition coefficient (Wildman–Crippen LogP) is 1.21. The topological polar surface area (TPSA) is 54.4 Å². The molecule has 130 valence electrons. The number of hydrogen-bond donors (Lipinski definition) is 0. The Bertz CT molecular complexity index is 481. The van der Waals surface area contributed by atoms with Gasteiger partial charge in [-0.25, -0.2) is 0 Å². The van der Waals surface area contributed by atoms with E-state index in [1.54, 1.807) is 7.11 Å². The van der Waals surface area contributed by atoms with Crippen LogP contribution < -0.4 is 0 Å². The fraction of sp³-hybridized carbons (Fsp3) is 0.875. The van der Waals surface area contributed by atoms with Crippen molar-refractivity contribution in [2.24, 2.45) is 4.99 Å². The van der Waals surface area contributed by atoms with Crippen molar-refractivity contribution in [3.8, 4) is 0 Å². The Hall–Kier alpha value is -0.790. The first-order valence-electron chi connectivity index (χ1n) is 8.36. The van der Waals surface area contributed by atoms with E-state index in [0.717, 1.165) is 37.9 Å². The molecular weight excluding hydrogens is 314 g/mol. The Labute approximate surface area is 142 Å². The Morgan fingerprint density at radius 1 is 1.22 bits per heavy atom. The van der Waals surface area contributed by atoms with Gasteiger partial charge in [0.05, 0.1) is 6.54 Å². The maximum atomic E-state index is 12.9. The van der Waals surface area contributed by atoms with Gasteiger partial charge in [0.2, 0.25) is 0 Å². The number of carbonyl (C=O) groups is 1. The molecule has 0 N–H and O–H groups in total. The van der Waals surface area contributed by atoms with Gasteiger partial charge in [0.1, 0.15) is 0 Å². The number of amidine groups is 1. The number of ether oxygens (including phenoxy) is 2. The first-order chi connectivity index (χ1) is 11.0. The number of aliphatic imine (C=N–C) groups is 1. The molecule has 3 aliphatic heterocycles. The number of methoxy groups -OCH3 is 1. The summed E-state index contributed by atoms with van der Waals surface area (Å²) in [5.41, 5.74) is -0.679. The molecule has 0 aromatic carbocycles. The van der Waals surface area contributed by atoms with Crippen LogP contribution in [0.4, 0.5) is 0 Å². The van der Waals surface area contributed by atoms with Crippen molar-refractivity contribution in [1.29, 1.82) is 0 Å². The molecule has 0 bridgehead atoms. The summed E-state index contributed by atoms with van der Waals surface area (Å²) in [6.45, 7) is 9.70. The Balaban J connectivity index is 1.57. The molecule has 2 saturated heterocycles. The van der Waals surface area contributed by atoms with E-state index in [1.807, 2.05) is 16.7 Å². The average molecular weight is 341 g/mol. The van der Waals surface area contributed by atoms with Gasteiger partial charge in [-0.05, 0) is 13.8 Å². The zero-order valence-corrected chi connectivity index (χ0v) is 15.2. The third kappa shape index (κ3) is 3.51. The minimum atomic E-state index is -0.679. The van der Waals surface area contributed by atoms with E-state index in [4.69, 9.17) is 9.47 Å². The van der Waals surface area contributed by atoms with Crippen LogP contribution in [0.15, 0.2) is 4.99 Å². The maximum Gasteiger partial charge on any atom is 0.255 e. The van der Waals surface area contributed by atoms with Crippen molar-refractivity contribution in [3.05, 3.63) is 0 Å². The minimum absolute atomic E-state index is 0.129. The van der Waals surface area contributed by atoms with E-state index >= 15 is 0 Å². The van der Waals surface area contributed by atoms with Gasteiger partial charge in [-0.2, -0.15) is 0 Å². The van der Waals surface area contributed by atoms with E-state index in [0.29, 0.717) is 26.1 Å². The van der Waals surface area contributed by atoms with Crippen molar-refractivity contribution < 1.29 is 14.3 Å². The van der Waals surface area contributed by atoms with E-state index in [2.05, 4.69) is 23.7 Å². The summed E-state index contributed by atoms with van der Waals surface area (Å²) in [5, 5.41) is 1.13. The van der Waals surface area contributed by atoms with Crippen LogP contribution in [-0.4, -0.2) is 84.3 Å². The number of piperazine rings is 1. The number of hydrogen-bond acceptors (Lipinski definition) is 6. The molecule has 0 aliphatic carbocycles. The molecule has 3 rings (SSSR count). The van der Waals surface area contributed by atoms with Gasteiger partial charge in [0.25, 0.3) is 5.91 Å². The van der Waals surface area contributed by atoms with Crippen LogP contribution >= 0.6 is 11.8 Å². The van der Waals surface area contributed by atoms with Crippen LogP contribution in [0.25, 0.3) is 0 Å². The lowest BCUT2D eigenvalue weighted by molar-refractivity contribution is -0.167. The second-order valence-electron chi connectivity index (χ2n) is 7.05. The summed E-state index contributed by atoms with van der Waals surface area (Å²) in [6.07, 6.45) is 1.30. The van der Waals surface area contributed by atoms with Crippen molar-refractivity contribution in [1.82, 2.24) is 9.80 Å². The van der Waals surface area contributed by atoms with Gasteiger partial charge in [-0.1, -0.05) is 11.8 Å². The van der Waals surface area contributed by atoms with Crippen molar-refractivity contribution in [2.45, 2.75) is 37.0 Å². The normalized spacial score (nSPS) is 27.0. The zero-order valence-electron chi connectivity index (χ0n) is 14.3. The minimum Gasteiger partial charge on any atom is -0.381 e. The molecule has 3 heterocycles. The second kappa shape index (κ2) is 6.61. The van der Waals surface area contributed by atoms with Gasteiger partial charge in [-0.3, -0.25) is 9.79 Å². The highest BCUT2D eigenvalue weighted by atomic mass is 32.2. The lowest BCUT2D eigenvalue weighted by Crippen LogP contribution is -2.58. The van der Waals surface area contributed by atoms with Gasteiger partial charge in [0, 0.05) is 64.1 Å². The molecule has 1 amide bonds. The first kappa shape index (κ1) is 17.0. The monoisotopic (exact) mass is 341 g/mol. The van der Waals surface area contributed by atoms with Crippen LogP contribution in [0.3, 0.4) is 0 Å². The average Bonchev–Trinajstić information content (AvgIpc) is 2.95. The van der Waals surface area contributed by atoms with Crippen LogP contribution in [0, 0.1) is 0 Å². The van der Waals surface area contributed by atoms with Crippen LogP contribution in [0.2, 0.25) is 0 Å². The summed E-state index contributed by atoms with van der Waals surface area (Å²) >= 11 is 1.85. The number of carbonyl (C=O) groups excluding carboxylic acids is 1. The van der Waals surface area contributed by atoms with Crippen molar-refractivity contribution in [2.75, 3.05) is 53.0 Å². The Kier molecular flexibility index (Phi) is 4.90. The largest absolute Gasteiger partial charge is 0.381 e. The molecule has 23 heavy (non-hydrogen) atoms. The number of nitrogens with zero attached hydrogens (tertiary/aromatic N) is 3. The summed E-state index contributed by atoms with van der Waals surface area (Å²) in [6, 6.07) is 0. The van der Waals surface area contributed by atoms with E-state index < -0.39 is 5.60 Å². The molecule has 0 atom stereocenters. The molecule has 6 nitrogen and oxygen atoms in total. The van der Waals surface area contributed by atoms with Gasteiger partial charge in [0.15, 0.2) is 10.8 Å².